The SMILES string of the molecule is CCc1nc(C)cnc1C.CO/C(=C/C(C)=N)C(C)=N. The highest BCUT2D eigenvalue weighted by molar-refractivity contribution is 6.01. The van der Waals surface area contributed by atoms with Gasteiger partial charge < -0.3 is 15.6 Å². The number of nitrogens with one attached hydrogen (secondary N) is 2. The minimum absolute atomic E-state index is 0.342. The number of rotatable bonds is 4. The van der Waals surface area contributed by atoms with Gasteiger partial charge in [-0.2, -0.15) is 0 Å². The highest BCUT2D eigenvalue weighted by Gasteiger charge is 1.97. The van der Waals surface area contributed by atoms with Crippen molar-refractivity contribution in [3.63, 3.8) is 0 Å². The molecule has 110 valence electrons. The number of aromatic nitrogens is 2. The van der Waals surface area contributed by atoms with E-state index in [1.807, 2.05) is 13.8 Å². The smallest absolute Gasteiger partial charge is 0.141 e. The summed E-state index contributed by atoms with van der Waals surface area (Å²) in [6, 6.07) is 0. The van der Waals surface area contributed by atoms with Crippen LogP contribution in [0.15, 0.2) is 18.0 Å². The van der Waals surface area contributed by atoms with Crippen LogP contribution in [0, 0.1) is 24.7 Å². The van der Waals surface area contributed by atoms with Crippen LogP contribution in [0.1, 0.15) is 37.9 Å². The van der Waals surface area contributed by atoms with E-state index < -0.39 is 0 Å². The fraction of sp³-hybridized carbons (Fsp3) is 0.467. The molecule has 0 fully saturated rings. The number of allylic oxidation sites excluding steroid dienone is 2. The van der Waals surface area contributed by atoms with Crippen molar-refractivity contribution >= 4 is 11.4 Å². The summed E-state index contributed by atoms with van der Waals surface area (Å²) in [6.07, 6.45) is 4.29. The number of hydrogen-bond acceptors (Lipinski definition) is 5. The molecular formula is C15H24N4O. The van der Waals surface area contributed by atoms with Gasteiger partial charge in [0.2, 0.25) is 0 Å². The van der Waals surface area contributed by atoms with Gasteiger partial charge in [-0.3, -0.25) is 9.97 Å². The summed E-state index contributed by atoms with van der Waals surface area (Å²) < 4.78 is 4.82. The zero-order chi connectivity index (χ0) is 15.7. The quantitative estimate of drug-likeness (QED) is 0.654. The summed E-state index contributed by atoms with van der Waals surface area (Å²) in [7, 11) is 1.49. The van der Waals surface area contributed by atoms with Crippen molar-refractivity contribution in [3.8, 4) is 0 Å². The molecule has 20 heavy (non-hydrogen) atoms. The van der Waals surface area contributed by atoms with Gasteiger partial charge in [-0.05, 0) is 34.1 Å². The van der Waals surface area contributed by atoms with Crippen molar-refractivity contribution in [3.05, 3.63) is 35.1 Å². The van der Waals surface area contributed by atoms with Crippen LogP contribution in [-0.4, -0.2) is 28.5 Å². The van der Waals surface area contributed by atoms with Crippen LogP contribution in [0.3, 0.4) is 0 Å². The lowest BCUT2D eigenvalue weighted by Gasteiger charge is -2.01. The van der Waals surface area contributed by atoms with Gasteiger partial charge in [0.15, 0.2) is 0 Å². The van der Waals surface area contributed by atoms with E-state index in [2.05, 4.69) is 16.9 Å². The number of methoxy groups -OCH3 is 1. The van der Waals surface area contributed by atoms with Crippen LogP contribution in [0.25, 0.3) is 0 Å². The van der Waals surface area contributed by atoms with Gasteiger partial charge in [0.25, 0.3) is 0 Å². The molecule has 5 nitrogen and oxygen atoms in total. The van der Waals surface area contributed by atoms with Gasteiger partial charge in [-0.15, -0.1) is 0 Å². The molecular weight excluding hydrogens is 252 g/mol. The normalized spacial score (nSPS) is 10.4. The predicted octanol–water partition coefficient (Wildman–Crippen LogP) is 3.25. The second kappa shape index (κ2) is 8.96. The molecule has 0 aliphatic rings. The summed E-state index contributed by atoms with van der Waals surface area (Å²) in [5.41, 5.74) is 3.90. The van der Waals surface area contributed by atoms with Gasteiger partial charge in [0.1, 0.15) is 5.76 Å². The monoisotopic (exact) mass is 276 g/mol. The van der Waals surface area contributed by atoms with E-state index in [1.54, 1.807) is 20.0 Å². The summed E-state index contributed by atoms with van der Waals surface area (Å²) in [4.78, 5) is 8.52. The molecule has 0 radical (unpaired) electrons. The lowest BCUT2D eigenvalue weighted by Crippen LogP contribution is -1.99. The molecule has 0 saturated heterocycles. The highest BCUT2D eigenvalue weighted by Crippen LogP contribution is 2.01. The van der Waals surface area contributed by atoms with Crippen molar-refractivity contribution in [2.75, 3.05) is 7.11 Å². The molecule has 1 aromatic heterocycles. The largest absolute Gasteiger partial charge is 0.495 e. The Labute approximate surface area is 121 Å². The van der Waals surface area contributed by atoms with Crippen molar-refractivity contribution < 1.29 is 4.74 Å². The molecule has 0 bridgehead atoms. The number of nitrogens with zero attached hydrogens (tertiary/aromatic N) is 2. The first-order valence-corrected chi connectivity index (χ1v) is 6.47. The van der Waals surface area contributed by atoms with E-state index in [4.69, 9.17) is 15.6 Å². The van der Waals surface area contributed by atoms with E-state index in [0.29, 0.717) is 17.2 Å². The molecule has 0 unspecified atom stereocenters. The molecule has 1 heterocycles. The standard InChI is InChI=1S/C8H12N2.C7H12N2O/c1-4-8-7(3)9-5-6(2)10-8;1-5(8)4-7(10-3)6(2)9/h5H,4H2,1-3H3;4,8-9H,1-3H3/b;7-4+,8-5?,9-6?. The zero-order valence-corrected chi connectivity index (χ0v) is 13.2. The molecule has 2 N–H and O–H groups in total. The Morgan fingerprint density at radius 1 is 1.30 bits per heavy atom. The molecule has 0 aliphatic carbocycles. The van der Waals surface area contributed by atoms with Crippen LogP contribution in [-0.2, 0) is 11.2 Å². The van der Waals surface area contributed by atoms with Crippen molar-refractivity contribution in [1.82, 2.24) is 9.97 Å². The van der Waals surface area contributed by atoms with E-state index in [0.717, 1.165) is 23.5 Å². The highest BCUT2D eigenvalue weighted by atomic mass is 16.5. The zero-order valence-electron chi connectivity index (χ0n) is 13.2. The second-order valence-electron chi connectivity index (χ2n) is 4.42. The number of ether oxygens (including phenoxy) is 1. The van der Waals surface area contributed by atoms with Crippen molar-refractivity contribution in [1.29, 1.82) is 10.8 Å². The van der Waals surface area contributed by atoms with E-state index in [1.165, 1.54) is 13.2 Å². The minimum atomic E-state index is 0.342. The molecule has 0 atom stereocenters. The summed E-state index contributed by atoms with van der Waals surface area (Å²) in [5.74, 6) is 0.451. The Bertz CT molecular complexity index is 507. The van der Waals surface area contributed by atoms with E-state index >= 15 is 0 Å². The van der Waals surface area contributed by atoms with E-state index in [9.17, 15) is 0 Å². The average molecular weight is 276 g/mol. The molecule has 0 saturated carbocycles. The first-order valence-electron chi connectivity index (χ1n) is 6.47. The van der Waals surface area contributed by atoms with Crippen LogP contribution >= 0.6 is 0 Å². The summed E-state index contributed by atoms with van der Waals surface area (Å²) in [5, 5.41) is 14.2. The van der Waals surface area contributed by atoms with Crippen LogP contribution in [0.5, 0.6) is 0 Å². The Hall–Kier alpha value is -2.04. The topological polar surface area (TPSA) is 82.7 Å². The van der Waals surface area contributed by atoms with Gasteiger partial charge in [0, 0.05) is 18.0 Å². The fourth-order valence-corrected chi connectivity index (χ4v) is 1.44. The first-order chi connectivity index (χ1) is 9.31. The maximum atomic E-state index is 7.15. The van der Waals surface area contributed by atoms with Crippen molar-refractivity contribution in [2.24, 2.45) is 0 Å². The van der Waals surface area contributed by atoms with Gasteiger partial charge in [-0.1, -0.05) is 6.92 Å². The maximum absolute atomic E-state index is 7.15. The van der Waals surface area contributed by atoms with Crippen LogP contribution in [0.4, 0.5) is 0 Å². The van der Waals surface area contributed by atoms with Gasteiger partial charge in [-0.25, -0.2) is 0 Å². The molecule has 0 spiro atoms. The third kappa shape index (κ3) is 6.78. The Kier molecular flexibility index (Phi) is 8.04. The van der Waals surface area contributed by atoms with Gasteiger partial charge in [0.05, 0.1) is 29.9 Å². The summed E-state index contributed by atoms with van der Waals surface area (Å²) >= 11 is 0. The first kappa shape index (κ1) is 18.0. The van der Waals surface area contributed by atoms with E-state index in [-0.39, 0.29) is 0 Å². The fourth-order valence-electron chi connectivity index (χ4n) is 1.44. The molecule has 1 rings (SSSR count). The molecule has 5 heteroatoms. The summed E-state index contributed by atoms with van der Waals surface area (Å²) in [6.45, 7) is 9.31. The number of hydrogen-bond donors (Lipinski definition) is 2. The lowest BCUT2D eigenvalue weighted by molar-refractivity contribution is 0.315. The molecule has 0 aliphatic heterocycles. The number of aryl methyl sites for hydroxylation is 3. The second-order valence-corrected chi connectivity index (χ2v) is 4.42. The van der Waals surface area contributed by atoms with Crippen LogP contribution < -0.4 is 0 Å². The van der Waals surface area contributed by atoms with Crippen LogP contribution in [0.2, 0.25) is 0 Å². The third-order valence-electron chi connectivity index (χ3n) is 2.45. The molecule has 0 aromatic carbocycles. The minimum Gasteiger partial charge on any atom is -0.495 e. The van der Waals surface area contributed by atoms with Gasteiger partial charge >= 0.3 is 0 Å². The maximum Gasteiger partial charge on any atom is 0.141 e. The average Bonchev–Trinajstić information content (AvgIpc) is 2.39. The lowest BCUT2D eigenvalue weighted by atomic mass is 10.2. The third-order valence-corrected chi connectivity index (χ3v) is 2.45. The molecule has 0 amide bonds. The Morgan fingerprint density at radius 2 is 1.90 bits per heavy atom. The predicted molar refractivity (Wildman–Crippen MR) is 82.8 cm³/mol. The van der Waals surface area contributed by atoms with Crippen molar-refractivity contribution in [2.45, 2.75) is 41.0 Å². The Morgan fingerprint density at radius 3 is 2.20 bits per heavy atom. The Balaban J connectivity index is 0.000000361. The molecule has 1 aromatic rings.